The molecule has 0 unspecified atom stereocenters. The van der Waals surface area contributed by atoms with Crippen molar-refractivity contribution < 1.29 is 14.7 Å². The van der Waals surface area contributed by atoms with Crippen LogP contribution in [-0.4, -0.2) is 73.8 Å². The summed E-state index contributed by atoms with van der Waals surface area (Å²) in [4.78, 5) is 31.6. The topological polar surface area (TPSA) is 90.7 Å². The van der Waals surface area contributed by atoms with Crippen LogP contribution in [0.3, 0.4) is 0 Å². The number of amides is 2. The lowest BCUT2D eigenvalue weighted by Crippen LogP contribution is -2.75. The zero-order chi connectivity index (χ0) is 24.5. The highest BCUT2D eigenvalue weighted by atomic mass is 16.3. The summed E-state index contributed by atoms with van der Waals surface area (Å²) in [6, 6.07) is -0.809. The third-order valence-corrected chi connectivity index (χ3v) is 8.69. The minimum absolute atomic E-state index is 0.0727. The van der Waals surface area contributed by atoms with Gasteiger partial charge in [0, 0.05) is 44.5 Å². The molecule has 1 spiro atoms. The van der Waals surface area contributed by atoms with Crippen LogP contribution in [0.5, 0.6) is 0 Å². The molecule has 2 N–H and O–H groups in total. The van der Waals surface area contributed by atoms with E-state index in [0.29, 0.717) is 19.4 Å². The Morgan fingerprint density at radius 3 is 2.41 bits per heavy atom. The van der Waals surface area contributed by atoms with Crippen molar-refractivity contribution in [3.63, 3.8) is 0 Å². The van der Waals surface area contributed by atoms with Crippen molar-refractivity contribution in [1.82, 2.24) is 24.9 Å². The molecule has 34 heavy (non-hydrogen) atoms. The number of aryl methyl sites for hydroxylation is 2. The Kier molecular flexibility index (Phi) is 7.67. The normalized spacial score (nSPS) is 25.1. The Morgan fingerprint density at radius 2 is 1.82 bits per heavy atom. The summed E-state index contributed by atoms with van der Waals surface area (Å²) in [5.74, 6) is -0.0622. The number of aromatic nitrogens is 2. The fourth-order valence-electron chi connectivity index (χ4n) is 6.31. The van der Waals surface area contributed by atoms with Gasteiger partial charge >= 0.3 is 0 Å². The molecule has 0 bridgehead atoms. The number of carbonyl (C=O) groups is 2. The Morgan fingerprint density at radius 1 is 1.15 bits per heavy atom. The number of hydrogen-bond donors (Lipinski definition) is 2. The summed E-state index contributed by atoms with van der Waals surface area (Å²) in [6.45, 7) is 9.16. The van der Waals surface area contributed by atoms with E-state index in [-0.39, 0.29) is 17.7 Å². The van der Waals surface area contributed by atoms with Crippen molar-refractivity contribution in [2.24, 2.45) is 13.0 Å². The molecule has 190 valence electrons. The van der Waals surface area contributed by atoms with Crippen LogP contribution in [0.1, 0.15) is 81.7 Å². The minimum atomic E-state index is -0.809. The molecule has 0 radical (unpaired) electrons. The van der Waals surface area contributed by atoms with E-state index in [1.807, 2.05) is 23.6 Å². The lowest BCUT2D eigenvalue weighted by atomic mass is 9.78. The van der Waals surface area contributed by atoms with Crippen molar-refractivity contribution >= 4 is 11.8 Å². The van der Waals surface area contributed by atoms with E-state index in [9.17, 15) is 14.7 Å². The molecule has 4 rings (SSSR count). The second kappa shape index (κ2) is 10.4. The molecule has 8 nitrogen and oxygen atoms in total. The largest absolute Gasteiger partial charge is 0.390 e. The summed E-state index contributed by atoms with van der Waals surface area (Å²) in [6.07, 6.45) is 7.51. The van der Waals surface area contributed by atoms with Crippen LogP contribution in [0.2, 0.25) is 0 Å². The maximum absolute atomic E-state index is 13.7. The standard InChI is InChI=1S/C26H43N5O3/c1-5-6-14-31-24(33)22(23(32)20-10-8-7-9-11-20)27-25(34)26(31)12-15-30(16-13-26)17-21-18(2)28-29(4)19(21)3/h20,22-23,32H,5-17H2,1-4H3,(H,27,34)/t22-,23-/m1/s1. The molecule has 2 atom stereocenters. The van der Waals surface area contributed by atoms with Gasteiger partial charge in [-0.25, -0.2) is 0 Å². The SMILES string of the molecule is CCCCN1C(=O)[C@@H]([C@H](O)C2CCCCC2)NC(=O)C12CCN(Cc1c(C)nn(C)c1C)CC2. The highest BCUT2D eigenvalue weighted by Crippen LogP contribution is 2.36. The third kappa shape index (κ3) is 4.63. The highest BCUT2D eigenvalue weighted by molar-refractivity contribution is 6.00. The van der Waals surface area contributed by atoms with Crippen molar-refractivity contribution in [2.75, 3.05) is 19.6 Å². The molecule has 1 aromatic rings. The fraction of sp³-hybridized carbons (Fsp3) is 0.808. The monoisotopic (exact) mass is 473 g/mol. The molecule has 2 aliphatic heterocycles. The van der Waals surface area contributed by atoms with Gasteiger partial charge < -0.3 is 15.3 Å². The van der Waals surface area contributed by atoms with Gasteiger partial charge in [-0.05, 0) is 51.9 Å². The molecule has 2 saturated heterocycles. The zero-order valence-electron chi connectivity index (χ0n) is 21.5. The van der Waals surface area contributed by atoms with Crippen LogP contribution in [0, 0.1) is 19.8 Å². The van der Waals surface area contributed by atoms with E-state index in [2.05, 4.69) is 29.2 Å². The summed E-state index contributed by atoms with van der Waals surface area (Å²) in [5, 5.41) is 18.6. The first-order valence-corrected chi connectivity index (χ1v) is 13.3. The second-order valence-electron chi connectivity index (χ2n) is 10.8. The van der Waals surface area contributed by atoms with Crippen molar-refractivity contribution in [3.8, 4) is 0 Å². The summed E-state index contributed by atoms with van der Waals surface area (Å²) < 4.78 is 1.92. The average molecular weight is 474 g/mol. The lowest BCUT2D eigenvalue weighted by molar-refractivity contribution is -0.166. The van der Waals surface area contributed by atoms with E-state index in [4.69, 9.17) is 0 Å². The molecular formula is C26H43N5O3. The van der Waals surface area contributed by atoms with Gasteiger partial charge in [0.25, 0.3) is 0 Å². The quantitative estimate of drug-likeness (QED) is 0.635. The zero-order valence-corrected chi connectivity index (χ0v) is 21.5. The number of unbranched alkanes of at least 4 members (excludes halogenated alkanes) is 1. The molecular weight excluding hydrogens is 430 g/mol. The number of piperazine rings is 1. The summed E-state index contributed by atoms with van der Waals surface area (Å²) >= 11 is 0. The Hall–Kier alpha value is -1.93. The molecule has 1 saturated carbocycles. The van der Waals surface area contributed by atoms with Gasteiger partial charge in [-0.15, -0.1) is 0 Å². The van der Waals surface area contributed by atoms with Gasteiger partial charge in [0.1, 0.15) is 11.6 Å². The number of hydrogen-bond acceptors (Lipinski definition) is 5. The first-order valence-electron chi connectivity index (χ1n) is 13.3. The predicted molar refractivity (Wildman–Crippen MR) is 131 cm³/mol. The van der Waals surface area contributed by atoms with Crippen LogP contribution in [0.4, 0.5) is 0 Å². The predicted octanol–water partition coefficient (Wildman–Crippen LogP) is 2.44. The summed E-state index contributed by atoms with van der Waals surface area (Å²) in [7, 11) is 1.97. The van der Waals surface area contributed by atoms with Gasteiger partial charge in [-0.3, -0.25) is 19.2 Å². The van der Waals surface area contributed by atoms with Crippen LogP contribution >= 0.6 is 0 Å². The molecule has 1 aromatic heterocycles. The molecule has 3 fully saturated rings. The van der Waals surface area contributed by atoms with Crippen molar-refractivity contribution in [2.45, 2.75) is 103 Å². The van der Waals surface area contributed by atoms with E-state index in [0.717, 1.165) is 63.9 Å². The van der Waals surface area contributed by atoms with Crippen molar-refractivity contribution in [1.29, 1.82) is 0 Å². The molecule has 2 amide bonds. The van der Waals surface area contributed by atoms with E-state index in [1.165, 1.54) is 17.7 Å². The number of aliphatic hydroxyl groups excluding tert-OH is 1. The Labute approximate surface area is 204 Å². The maximum atomic E-state index is 13.7. The minimum Gasteiger partial charge on any atom is -0.390 e. The van der Waals surface area contributed by atoms with Gasteiger partial charge in [0.05, 0.1) is 11.8 Å². The number of aliphatic hydroxyl groups is 1. The highest BCUT2D eigenvalue weighted by Gasteiger charge is 2.55. The van der Waals surface area contributed by atoms with Gasteiger partial charge in [-0.1, -0.05) is 32.6 Å². The van der Waals surface area contributed by atoms with E-state index >= 15 is 0 Å². The molecule has 3 heterocycles. The fourth-order valence-corrected chi connectivity index (χ4v) is 6.31. The number of rotatable bonds is 7. The van der Waals surface area contributed by atoms with Crippen LogP contribution in [0.25, 0.3) is 0 Å². The smallest absolute Gasteiger partial charge is 0.248 e. The number of piperidine rings is 1. The Bertz CT molecular complexity index is 883. The number of nitrogens with one attached hydrogen (secondary N) is 1. The number of carbonyl (C=O) groups excluding carboxylic acids is 2. The first kappa shape index (κ1) is 25.2. The molecule has 1 aliphatic carbocycles. The lowest BCUT2D eigenvalue weighted by Gasteiger charge is -2.52. The van der Waals surface area contributed by atoms with Gasteiger partial charge in [0.2, 0.25) is 11.8 Å². The molecule has 3 aliphatic rings. The third-order valence-electron chi connectivity index (χ3n) is 8.69. The number of nitrogens with zero attached hydrogens (tertiary/aromatic N) is 4. The second-order valence-corrected chi connectivity index (χ2v) is 10.8. The first-order chi connectivity index (χ1) is 16.3. The van der Waals surface area contributed by atoms with E-state index in [1.54, 1.807) is 0 Å². The van der Waals surface area contributed by atoms with Gasteiger partial charge in [0.15, 0.2) is 0 Å². The van der Waals surface area contributed by atoms with Crippen LogP contribution in [0.15, 0.2) is 0 Å². The average Bonchev–Trinajstić information content (AvgIpc) is 3.08. The molecule has 8 heteroatoms. The maximum Gasteiger partial charge on any atom is 0.248 e. The molecule has 0 aromatic carbocycles. The van der Waals surface area contributed by atoms with E-state index < -0.39 is 17.7 Å². The van der Waals surface area contributed by atoms with Crippen LogP contribution in [-0.2, 0) is 23.2 Å². The van der Waals surface area contributed by atoms with Crippen LogP contribution < -0.4 is 5.32 Å². The Balaban J connectivity index is 1.49. The number of likely N-dealkylation sites (tertiary alicyclic amines) is 1. The van der Waals surface area contributed by atoms with Gasteiger partial charge in [-0.2, -0.15) is 5.10 Å². The summed E-state index contributed by atoms with van der Waals surface area (Å²) in [5.41, 5.74) is 2.67. The van der Waals surface area contributed by atoms with Crippen molar-refractivity contribution in [3.05, 3.63) is 17.0 Å².